The highest BCUT2D eigenvalue weighted by Crippen LogP contribution is 2.44. The SMILES string of the molecule is CCCCCOc1cc(-c2sc(C)cc2OCCCCC)sc1C. The molecule has 0 spiro atoms. The van der Waals surface area contributed by atoms with E-state index in [-0.39, 0.29) is 0 Å². The second-order valence-electron chi connectivity index (χ2n) is 6.19. The Morgan fingerprint density at radius 1 is 0.792 bits per heavy atom. The van der Waals surface area contributed by atoms with E-state index in [9.17, 15) is 0 Å². The molecule has 2 aromatic heterocycles. The van der Waals surface area contributed by atoms with E-state index in [0.29, 0.717) is 0 Å². The third-order valence-corrected chi connectivity index (χ3v) is 6.17. The van der Waals surface area contributed by atoms with E-state index >= 15 is 0 Å². The molecule has 0 saturated heterocycles. The van der Waals surface area contributed by atoms with E-state index in [1.807, 2.05) is 22.7 Å². The minimum Gasteiger partial charge on any atom is -0.492 e. The number of hydrogen-bond acceptors (Lipinski definition) is 4. The Kier molecular flexibility index (Phi) is 8.13. The molecule has 24 heavy (non-hydrogen) atoms. The predicted octanol–water partition coefficient (Wildman–Crippen LogP) is 7.23. The second kappa shape index (κ2) is 10.1. The summed E-state index contributed by atoms with van der Waals surface area (Å²) in [5.41, 5.74) is 0. The largest absolute Gasteiger partial charge is 0.492 e. The quantitative estimate of drug-likeness (QED) is 0.390. The van der Waals surface area contributed by atoms with Crippen molar-refractivity contribution in [2.24, 2.45) is 0 Å². The first kappa shape index (κ1) is 19.3. The summed E-state index contributed by atoms with van der Waals surface area (Å²) < 4.78 is 12.0. The normalized spacial score (nSPS) is 11.0. The van der Waals surface area contributed by atoms with Gasteiger partial charge < -0.3 is 9.47 Å². The van der Waals surface area contributed by atoms with Gasteiger partial charge in [-0.3, -0.25) is 0 Å². The van der Waals surface area contributed by atoms with Crippen molar-refractivity contribution >= 4 is 22.7 Å². The zero-order valence-corrected chi connectivity index (χ0v) is 17.1. The molecule has 0 aliphatic rings. The third kappa shape index (κ3) is 5.52. The summed E-state index contributed by atoms with van der Waals surface area (Å²) in [6, 6.07) is 4.36. The van der Waals surface area contributed by atoms with Crippen LogP contribution in [-0.2, 0) is 0 Å². The van der Waals surface area contributed by atoms with Gasteiger partial charge in [0.1, 0.15) is 11.5 Å². The molecule has 2 rings (SSSR count). The lowest BCUT2D eigenvalue weighted by Crippen LogP contribution is -1.97. The topological polar surface area (TPSA) is 18.5 Å². The standard InChI is InChI=1S/C20H30O2S2/c1-5-7-9-11-21-17-14-19(24-16(17)4)20-18(13-15(3)23-20)22-12-10-8-6-2/h13-14H,5-12H2,1-4H3. The van der Waals surface area contributed by atoms with Crippen molar-refractivity contribution in [1.29, 1.82) is 0 Å². The lowest BCUT2D eigenvalue weighted by molar-refractivity contribution is 0.305. The second-order valence-corrected chi connectivity index (χ2v) is 8.71. The Hall–Kier alpha value is -1.00. The van der Waals surface area contributed by atoms with Crippen LogP contribution in [0.3, 0.4) is 0 Å². The van der Waals surface area contributed by atoms with Crippen LogP contribution in [0.15, 0.2) is 12.1 Å². The van der Waals surface area contributed by atoms with E-state index in [1.165, 1.54) is 45.2 Å². The highest BCUT2D eigenvalue weighted by Gasteiger charge is 2.15. The number of unbranched alkanes of at least 4 members (excludes halogenated alkanes) is 4. The number of thiophene rings is 2. The first-order chi connectivity index (χ1) is 11.7. The Morgan fingerprint density at radius 2 is 1.42 bits per heavy atom. The third-order valence-electron chi connectivity index (χ3n) is 3.93. The zero-order valence-electron chi connectivity index (χ0n) is 15.4. The lowest BCUT2D eigenvalue weighted by atomic mass is 10.2. The van der Waals surface area contributed by atoms with Crippen LogP contribution in [0.5, 0.6) is 11.5 Å². The molecular weight excluding hydrogens is 336 g/mol. The predicted molar refractivity (Wildman–Crippen MR) is 107 cm³/mol. The fourth-order valence-electron chi connectivity index (χ4n) is 2.56. The molecule has 0 radical (unpaired) electrons. The van der Waals surface area contributed by atoms with Gasteiger partial charge in [0.25, 0.3) is 0 Å². The van der Waals surface area contributed by atoms with E-state index < -0.39 is 0 Å². The van der Waals surface area contributed by atoms with E-state index in [4.69, 9.17) is 9.47 Å². The first-order valence-corrected chi connectivity index (χ1v) is 10.8. The van der Waals surface area contributed by atoms with Crippen molar-refractivity contribution in [1.82, 2.24) is 0 Å². The number of rotatable bonds is 11. The van der Waals surface area contributed by atoms with Gasteiger partial charge in [-0.25, -0.2) is 0 Å². The van der Waals surface area contributed by atoms with Crippen molar-refractivity contribution in [2.45, 2.75) is 66.2 Å². The van der Waals surface area contributed by atoms with Gasteiger partial charge in [0, 0.05) is 15.8 Å². The van der Waals surface area contributed by atoms with Crippen LogP contribution in [0.1, 0.15) is 62.1 Å². The molecule has 0 bridgehead atoms. The van der Waals surface area contributed by atoms with Crippen LogP contribution in [0.2, 0.25) is 0 Å². The lowest BCUT2D eigenvalue weighted by Gasteiger charge is -2.05. The Labute approximate surface area is 154 Å². The van der Waals surface area contributed by atoms with E-state index in [2.05, 4.69) is 39.8 Å². The molecule has 2 aromatic rings. The molecule has 0 aliphatic heterocycles. The monoisotopic (exact) mass is 366 g/mol. The highest BCUT2D eigenvalue weighted by molar-refractivity contribution is 7.22. The van der Waals surface area contributed by atoms with Crippen LogP contribution in [0.4, 0.5) is 0 Å². The molecule has 4 heteroatoms. The Morgan fingerprint density at radius 3 is 2.04 bits per heavy atom. The molecule has 2 nitrogen and oxygen atoms in total. The number of aryl methyl sites for hydroxylation is 2. The molecule has 0 saturated carbocycles. The number of ether oxygens (including phenoxy) is 2. The van der Waals surface area contributed by atoms with Gasteiger partial charge in [-0.2, -0.15) is 0 Å². The molecule has 0 amide bonds. The highest BCUT2D eigenvalue weighted by atomic mass is 32.1. The summed E-state index contributed by atoms with van der Waals surface area (Å²) in [6.07, 6.45) is 7.17. The van der Waals surface area contributed by atoms with Gasteiger partial charge >= 0.3 is 0 Å². The minimum absolute atomic E-state index is 0.807. The summed E-state index contributed by atoms with van der Waals surface area (Å²) in [4.78, 5) is 5.07. The van der Waals surface area contributed by atoms with Gasteiger partial charge in [0.15, 0.2) is 0 Å². The maximum absolute atomic E-state index is 6.05. The molecule has 0 aromatic carbocycles. The zero-order chi connectivity index (χ0) is 17.4. The van der Waals surface area contributed by atoms with Crippen molar-refractivity contribution in [3.05, 3.63) is 21.9 Å². The van der Waals surface area contributed by atoms with Crippen LogP contribution < -0.4 is 9.47 Å². The fourth-order valence-corrected chi connectivity index (χ4v) is 4.58. The Bertz CT molecular complexity index is 613. The van der Waals surface area contributed by atoms with Gasteiger partial charge in [-0.1, -0.05) is 39.5 Å². The maximum atomic E-state index is 6.05. The van der Waals surface area contributed by atoms with Crippen LogP contribution in [-0.4, -0.2) is 13.2 Å². The molecule has 0 atom stereocenters. The van der Waals surface area contributed by atoms with Crippen LogP contribution in [0, 0.1) is 13.8 Å². The summed E-state index contributed by atoms with van der Waals surface area (Å²) in [5, 5.41) is 0. The molecule has 0 N–H and O–H groups in total. The average molecular weight is 367 g/mol. The Balaban J connectivity index is 2.05. The summed E-state index contributed by atoms with van der Waals surface area (Å²) in [5.74, 6) is 2.07. The summed E-state index contributed by atoms with van der Waals surface area (Å²) in [6.45, 7) is 10.4. The van der Waals surface area contributed by atoms with E-state index in [0.717, 1.165) is 37.6 Å². The molecule has 134 valence electrons. The van der Waals surface area contributed by atoms with Gasteiger partial charge in [-0.15, -0.1) is 22.7 Å². The van der Waals surface area contributed by atoms with Crippen molar-refractivity contribution in [3.63, 3.8) is 0 Å². The fraction of sp³-hybridized carbons (Fsp3) is 0.600. The smallest absolute Gasteiger partial charge is 0.138 e. The van der Waals surface area contributed by atoms with Crippen molar-refractivity contribution in [3.8, 4) is 21.3 Å². The van der Waals surface area contributed by atoms with Gasteiger partial charge in [0.05, 0.1) is 23.0 Å². The van der Waals surface area contributed by atoms with Crippen LogP contribution >= 0.6 is 22.7 Å². The average Bonchev–Trinajstić information content (AvgIpc) is 3.11. The molecule has 0 unspecified atom stereocenters. The molecule has 2 heterocycles. The molecular formula is C20H30O2S2. The summed E-state index contributed by atoms with van der Waals surface area (Å²) >= 11 is 3.62. The molecule has 0 fully saturated rings. The maximum Gasteiger partial charge on any atom is 0.138 e. The first-order valence-electron chi connectivity index (χ1n) is 9.12. The van der Waals surface area contributed by atoms with Crippen molar-refractivity contribution < 1.29 is 9.47 Å². The number of hydrogen-bond donors (Lipinski definition) is 0. The molecule has 0 aliphatic carbocycles. The van der Waals surface area contributed by atoms with Crippen LogP contribution in [0.25, 0.3) is 9.75 Å². The van der Waals surface area contributed by atoms with Gasteiger partial charge in [-0.05, 0) is 32.8 Å². The van der Waals surface area contributed by atoms with Gasteiger partial charge in [0.2, 0.25) is 0 Å². The van der Waals surface area contributed by atoms with E-state index in [1.54, 1.807) is 0 Å². The van der Waals surface area contributed by atoms with Crippen molar-refractivity contribution in [2.75, 3.05) is 13.2 Å². The summed E-state index contributed by atoms with van der Waals surface area (Å²) in [7, 11) is 0. The minimum atomic E-state index is 0.807.